The highest BCUT2D eigenvalue weighted by Crippen LogP contribution is 2.06. The second kappa shape index (κ2) is 9.46. The van der Waals surface area contributed by atoms with Crippen molar-refractivity contribution in [2.45, 2.75) is 46.4 Å². The summed E-state index contributed by atoms with van der Waals surface area (Å²) in [4.78, 5) is 0. The molecular formula is C20H29N3. The van der Waals surface area contributed by atoms with Gasteiger partial charge >= 0.3 is 0 Å². The molecule has 2 aromatic rings. The molecule has 0 bridgehead atoms. The van der Waals surface area contributed by atoms with Crippen LogP contribution in [0.15, 0.2) is 54.6 Å². The molecule has 3 nitrogen and oxygen atoms in total. The summed E-state index contributed by atoms with van der Waals surface area (Å²) in [7, 11) is 0. The van der Waals surface area contributed by atoms with Gasteiger partial charge < -0.3 is 5.32 Å². The van der Waals surface area contributed by atoms with E-state index in [9.17, 15) is 0 Å². The van der Waals surface area contributed by atoms with E-state index in [0.717, 1.165) is 19.6 Å². The maximum Gasteiger partial charge on any atom is 0.0351 e. The second-order valence-corrected chi connectivity index (χ2v) is 6.42. The summed E-state index contributed by atoms with van der Waals surface area (Å²) >= 11 is 0. The number of rotatable bonds is 9. The number of hydrazine groups is 1. The third kappa shape index (κ3) is 6.53. The molecule has 0 saturated heterocycles. The van der Waals surface area contributed by atoms with Gasteiger partial charge in [-0.3, -0.25) is 10.9 Å². The van der Waals surface area contributed by atoms with Gasteiger partial charge in [-0.1, -0.05) is 68.4 Å². The van der Waals surface area contributed by atoms with Gasteiger partial charge in [0.2, 0.25) is 0 Å². The first-order chi connectivity index (χ1) is 11.1. The molecule has 0 aromatic heterocycles. The SMILES string of the molecule is CC(C)C(C)NCc1ccc(CNNCc2ccccc2)cc1. The minimum atomic E-state index is 0.540. The predicted octanol–water partition coefficient (Wildman–Crippen LogP) is 3.62. The highest BCUT2D eigenvalue weighted by atomic mass is 15.3. The molecule has 3 heteroatoms. The fourth-order valence-corrected chi connectivity index (χ4v) is 2.21. The van der Waals surface area contributed by atoms with Gasteiger partial charge in [0.25, 0.3) is 0 Å². The van der Waals surface area contributed by atoms with Crippen molar-refractivity contribution in [2.24, 2.45) is 5.92 Å². The molecule has 124 valence electrons. The lowest BCUT2D eigenvalue weighted by Gasteiger charge is -2.17. The van der Waals surface area contributed by atoms with Crippen LogP contribution in [0.3, 0.4) is 0 Å². The standard InChI is InChI=1S/C20H29N3/c1-16(2)17(3)21-13-19-9-11-20(12-10-19)15-23-22-14-18-7-5-4-6-8-18/h4-12,16-17,21-23H,13-15H2,1-3H3. The van der Waals surface area contributed by atoms with E-state index in [0.29, 0.717) is 12.0 Å². The Morgan fingerprint density at radius 1 is 0.652 bits per heavy atom. The van der Waals surface area contributed by atoms with Crippen molar-refractivity contribution in [3.05, 3.63) is 71.3 Å². The molecule has 2 rings (SSSR count). The van der Waals surface area contributed by atoms with Crippen LogP contribution in [-0.4, -0.2) is 6.04 Å². The summed E-state index contributed by atoms with van der Waals surface area (Å²) in [6.45, 7) is 9.31. The molecular weight excluding hydrogens is 282 g/mol. The number of nitrogens with one attached hydrogen (secondary N) is 3. The van der Waals surface area contributed by atoms with Gasteiger partial charge in [-0.15, -0.1) is 0 Å². The van der Waals surface area contributed by atoms with E-state index in [1.165, 1.54) is 16.7 Å². The Hall–Kier alpha value is -1.68. The Labute approximate surface area is 140 Å². The van der Waals surface area contributed by atoms with E-state index in [2.05, 4.69) is 85.5 Å². The zero-order valence-electron chi connectivity index (χ0n) is 14.5. The molecule has 0 radical (unpaired) electrons. The Morgan fingerprint density at radius 3 is 1.65 bits per heavy atom. The second-order valence-electron chi connectivity index (χ2n) is 6.42. The highest BCUT2D eigenvalue weighted by molar-refractivity contribution is 5.22. The fraction of sp³-hybridized carbons (Fsp3) is 0.400. The summed E-state index contributed by atoms with van der Waals surface area (Å²) < 4.78 is 0. The Morgan fingerprint density at radius 2 is 1.13 bits per heavy atom. The lowest BCUT2D eigenvalue weighted by molar-refractivity contribution is 0.426. The third-order valence-corrected chi connectivity index (χ3v) is 4.20. The van der Waals surface area contributed by atoms with Crippen molar-refractivity contribution < 1.29 is 0 Å². The smallest absolute Gasteiger partial charge is 0.0351 e. The first-order valence-electron chi connectivity index (χ1n) is 8.46. The summed E-state index contributed by atoms with van der Waals surface area (Å²) in [5.74, 6) is 0.661. The van der Waals surface area contributed by atoms with E-state index < -0.39 is 0 Å². The Kier molecular flexibility index (Phi) is 7.27. The molecule has 2 aromatic carbocycles. The van der Waals surface area contributed by atoms with Gasteiger partial charge in [0.1, 0.15) is 0 Å². The van der Waals surface area contributed by atoms with E-state index in [-0.39, 0.29) is 0 Å². The molecule has 0 heterocycles. The summed E-state index contributed by atoms with van der Waals surface area (Å²) in [5, 5.41) is 3.56. The fourth-order valence-electron chi connectivity index (χ4n) is 2.21. The molecule has 0 spiro atoms. The van der Waals surface area contributed by atoms with Gasteiger partial charge in [-0.2, -0.15) is 0 Å². The molecule has 0 amide bonds. The van der Waals surface area contributed by atoms with Crippen LogP contribution in [-0.2, 0) is 19.6 Å². The first kappa shape index (κ1) is 17.7. The van der Waals surface area contributed by atoms with E-state index in [4.69, 9.17) is 0 Å². The van der Waals surface area contributed by atoms with Crippen LogP contribution >= 0.6 is 0 Å². The zero-order valence-corrected chi connectivity index (χ0v) is 14.5. The summed E-state index contributed by atoms with van der Waals surface area (Å²) in [5.41, 5.74) is 10.4. The maximum atomic E-state index is 3.56. The number of hydrogen-bond donors (Lipinski definition) is 3. The van der Waals surface area contributed by atoms with Crippen molar-refractivity contribution in [3.63, 3.8) is 0 Å². The minimum absolute atomic E-state index is 0.540. The third-order valence-electron chi connectivity index (χ3n) is 4.20. The van der Waals surface area contributed by atoms with E-state index in [1.807, 2.05) is 6.07 Å². The van der Waals surface area contributed by atoms with Gasteiger partial charge in [-0.25, -0.2) is 0 Å². The molecule has 0 fully saturated rings. The van der Waals surface area contributed by atoms with E-state index >= 15 is 0 Å². The topological polar surface area (TPSA) is 36.1 Å². The monoisotopic (exact) mass is 311 g/mol. The summed E-state index contributed by atoms with van der Waals surface area (Å²) in [6.07, 6.45) is 0. The molecule has 1 atom stereocenters. The average Bonchev–Trinajstić information content (AvgIpc) is 2.58. The van der Waals surface area contributed by atoms with Crippen molar-refractivity contribution in [1.29, 1.82) is 0 Å². The molecule has 0 aliphatic heterocycles. The normalized spacial score (nSPS) is 12.5. The lowest BCUT2D eigenvalue weighted by atomic mass is 10.1. The van der Waals surface area contributed by atoms with E-state index in [1.54, 1.807) is 0 Å². The maximum absolute atomic E-state index is 3.56. The quantitative estimate of drug-likeness (QED) is 0.489. The largest absolute Gasteiger partial charge is 0.310 e. The van der Waals surface area contributed by atoms with Gasteiger partial charge in [0.15, 0.2) is 0 Å². The molecule has 23 heavy (non-hydrogen) atoms. The predicted molar refractivity (Wildman–Crippen MR) is 97.7 cm³/mol. The van der Waals surface area contributed by atoms with Crippen molar-refractivity contribution in [2.75, 3.05) is 0 Å². The number of hydrogen-bond acceptors (Lipinski definition) is 3. The van der Waals surface area contributed by atoms with Crippen molar-refractivity contribution in [3.8, 4) is 0 Å². The van der Waals surface area contributed by atoms with Gasteiger partial charge in [-0.05, 0) is 29.5 Å². The minimum Gasteiger partial charge on any atom is -0.310 e. The van der Waals surface area contributed by atoms with Crippen LogP contribution in [0, 0.1) is 5.92 Å². The van der Waals surface area contributed by atoms with Crippen LogP contribution in [0.1, 0.15) is 37.5 Å². The van der Waals surface area contributed by atoms with Crippen LogP contribution in [0.4, 0.5) is 0 Å². The van der Waals surface area contributed by atoms with Crippen LogP contribution < -0.4 is 16.2 Å². The number of benzene rings is 2. The Bertz CT molecular complexity index is 549. The highest BCUT2D eigenvalue weighted by Gasteiger charge is 2.05. The van der Waals surface area contributed by atoms with Crippen molar-refractivity contribution >= 4 is 0 Å². The van der Waals surface area contributed by atoms with Crippen LogP contribution in [0.5, 0.6) is 0 Å². The molecule has 0 saturated carbocycles. The average molecular weight is 311 g/mol. The summed E-state index contributed by atoms with van der Waals surface area (Å²) in [6, 6.07) is 19.7. The zero-order chi connectivity index (χ0) is 16.5. The van der Waals surface area contributed by atoms with Crippen molar-refractivity contribution in [1.82, 2.24) is 16.2 Å². The molecule has 1 unspecified atom stereocenters. The first-order valence-corrected chi connectivity index (χ1v) is 8.46. The molecule has 3 N–H and O–H groups in total. The van der Waals surface area contributed by atoms with Crippen LogP contribution in [0.2, 0.25) is 0 Å². The van der Waals surface area contributed by atoms with Gasteiger partial charge in [0, 0.05) is 25.7 Å². The Balaban J connectivity index is 1.68. The van der Waals surface area contributed by atoms with Crippen LogP contribution in [0.25, 0.3) is 0 Å². The lowest BCUT2D eigenvalue weighted by Crippen LogP contribution is -2.30. The molecule has 0 aliphatic carbocycles. The molecule has 0 aliphatic rings. The van der Waals surface area contributed by atoms with Gasteiger partial charge in [0.05, 0.1) is 0 Å².